The lowest BCUT2D eigenvalue weighted by atomic mass is 9.90. The number of halogens is 2. The summed E-state index contributed by atoms with van der Waals surface area (Å²) in [5.74, 6) is 0.104. The summed E-state index contributed by atoms with van der Waals surface area (Å²) in [7, 11) is 1.81. The monoisotopic (exact) mass is 343 g/mol. The summed E-state index contributed by atoms with van der Waals surface area (Å²) >= 11 is 11.9. The van der Waals surface area contributed by atoms with E-state index in [0.29, 0.717) is 29.7 Å². The number of amides is 1. The first-order valence-corrected chi connectivity index (χ1v) is 8.19. The Morgan fingerprint density at radius 2 is 2.14 bits per heavy atom. The van der Waals surface area contributed by atoms with Crippen molar-refractivity contribution in [3.05, 3.63) is 33.8 Å². The van der Waals surface area contributed by atoms with Crippen LogP contribution in [0.4, 0.5) is 0 Å². The Balaban J connectivity index is 1.88. The number of nitrogens with two attached hydrogens (primary N) is 1. The molecule has 0 bridgehead atoms. The third-order valence-electron chi connectivity index (χ3n) is 4.32. The van der Waals surface area contributed by atoms with Crippen molar-refractivity contribution in [3.8, 4) is 0 Å². The number of carbonyl (C=O) groups is 1. The van der Waals surface area contributed by atoms with Crippen molar-refractivity contribution >= 4 is 29.1 Å². The molecule has 0 saturated carbocycles. The molecule has 1 aromatic rings. The van der Waals surface area contributed by atoms with Crippen molar-refractivity contribution in [2.24, 2.45) is 11.1 Å². The minimum Gasteiger partial charge on any atom is -0.340 e. The van der Waals surface area contributed by atoms with Gasteiger partial charge in [-0.25, -0.2) is 0 Å². The maximum absolute atomic E-state index is 12.3. The minimum atomic E-state index is 0.104. The van der Waals surface area contributed by atoms with Gasteiger partial charge in [-0.15, -0.1) is 0 Å². The molecule has 0 radical (unpaired) electrons. The first kappa shape index (κ1) is 17.5. The highest BCUT2D eigenvalue weighted by Crippen LogP contribution is 2.28. The van der Waals surface area contributed by atoms with Gasteiger partial charge in [0.05, 0.1) is 16.6 Å². The van der Waals surface area contributed by atoms with E-state index in [0.717, 1.165) is 25.1 Å². The average Bonchev–Trinajstić information content (AvgIpc) is 2.85. The second-order valence-electron chi connectivity index (χ2n) is 6.47. The summed E-state index contributed by atoms with van der Waals surface area (Å²) in [4.78, 5) is 16.2. The van der Waals surface area contributed by atoms with Crippen molar-refractivity contribution in [2.45, 2.75) is 19.9 Å². The molecule has 1 aromatic carbocycles. The molecule has 22 heavy (non-hydrogen) atoms. The van der Waals surface area contributed by atoms with E-state index < -0.39 is 0 Å². The quantitative estimate of drug-likeness (QED) is 0.893. The summed E-state index contributed by atoms with van der Waals surface area (Å²) < 4.78 is 0. The van der Waals surface area contributed by atoms with Crippen LogP contribution in [0, 0.1) is 5.41 Å². The molecule has 0 aromatic heterocycles. The Hall–Kier alpha value is -0.810. The Kier molecular flexibility index (Phi) is 5.72. The van der Waals surface area contributed by atoms with Crippen molar-refractivity contribution in [3.63, 3.8) is 0 Å². The van der Waals surface area contributed by atoms with Gasteiger partial charge >= 0.3 is 0 Å². The van der Waals surface area contributed by atoms with Crippen LogP contribution in [-0.2, 0) is 11.3 Å². The highest BCUT2D eigenvalue weighted by atomic mass is 35.5. The number of likely N-dealkylation sites (tertiary alicyclic amines) is 1. The first-order chi connectivity index (χ1) is 10.3. The molecule has 1 fully saturated rings. The molecule has 2 rings (SSSR count). The van der Waals surface area contributed by atoms with E-state index in [-0.39, 0.29) is 11.3 Å². The van der Waals surface area contributed by atoms with E-state index in [1.165, 1.54) is 0 Å². The van der Waals surface area contributed by atoms with Crippen LogP contribution < -0.4 is 5.73 Å². The Morgan fingerprint density at radius 1 is 1.41 bits per heavy atom. The fraction of sp³-hybridized carbons (Fsp3) is 0.562. The van der Waals surface area contributed by atoms with Gasteiger partial charge in [0, 0.05) is 20.1 Å². The standard InChI is InChI=1S/C16H23Cl2N3O/c1-16(10-19)5-6-21(11-16)9-15(22)20(2)8-12-3-4-13(17)14(18)7-12/h3-4,7H,5-6,8-11,19H2,1-2H3. The topological polar surface area (TPSA) is 49.6 Å². The number of hydrogen-bond acceptors (Lipinski definition) is 3. The molecule has 1 aliphatic rings. The SMILES string of the molecule is CN(Cc1ccc(Cl)c(Cl)c1)C(=O)CN1CCC(C)(CN)C1. The maximum atomic E-state index is 12.3. The summed E-state index contributed by atoms with van der Waals surface area (Å²) in [5.41, 5.74) is 6.92. The Bertz CT molecular complexity index is 552. The molecule has 4 nitrogen and oxygen atoms in total. The van der Waals surface area contributed by atoms with Gasteiger partial charge in [-0.05, 0) is 42.6 Å². The smallest absolute Gasteiger partial charge is 0.236 e. The van der Waals surface area contributed by atoms with Crippen molar-refractivity contribution in [1.29, 1.82) is 0 Å². The normalized spacial score (nSPS) is 22.0. The molecule has 1 atom stereocenters. The zero-order valence-corrected chi connectivity index (χ0v) is 14.6. The van der Waals surface area contributed by atoms with Crippen LogP contribution >= 0.6 is 23.2 Å². The van der Waals surface area contributed by atoms with Crippen LogP contribution in [-0.4, -0.2) is 48.9 Å². The zero-order chi connectivity index (χ0) is 16.3. The Labute approximate surface area is 142 Å². The third-order valence-corrected chi connectivity index (χ3v) is 5.06. The number of nitrogens with zero attached hydrogens (tertiary/aromatic N) is 2. The van der Waals surface area contributed by atoms with E-state index in [9.17, 15) is 4.79 Å². The molecule has 0 spiro atoms. The van der Waals surface area contributed by atoms with Gasteiger partial charge in [0.1, 0.15) is 0 Å². The highest BCUT2D eigenvalue weighted by Gasteiger charge is 2.33. The largest absolute Gasteiger partial charge is 0.340 e. The van der Waals surface area contributed by atoms with Gasteiger partial charge in [-0.2, -0.15) is 0 Å². The summed E-state index contributed by atoms with van der Waals surface area (Å²) in [6.07, 6.45) is 1.05. The van der Waals surface area contributed by atoms with Crippen molar-refractivity contribution < 1.29 is 4.79 Å². The van der Waals surface area contributed by atoms with Crippen molar-refractivity contribution in [1.82, 2.24) is 9.80 Å². The third kappa shape index (κ3) is 4.35. The van der Waals surface area contributed by atoms with Crippen LogP contribution in [0.15, 0.2) is 18.2 Å². The minimum absolute atomic E-state index is 0.104. The summed E-state index contributed by atoms with van der Waals surface area (Å²) in [6.45, 7) is 5.62. The van der Waals surface area contributed by atoms with Crippen LogP contribution in [0.1, 0.15) is 18.9 Å². The van der Waals surface area contributed by atoms with Gasteiger partial charge in [0.15, 0.2) is 0 Å². The average molecular weight is 344 g/mol. The summed E-state index contributed by atoms with van der Waals surface area (Å²) in [6, 6.07) is 5.44. The molecule has 1 aliphatic heterocycles. The molecule has 6 heteroatoms. The van der Waals surface area contributed by atoms with Gasteiger partial charge in [0.2, 0.25) is 5.91 Å². The van der Waals surface area contributed by atoms with E-state index in [2.05, 4.69) is 11.8 Å². The molecule has 122 valence electrons. The predicted octanol–water partition coefficient (Wildman–Crippen LogP) is 2.62. The molecule has 1 saturated heterocycles. The van der Waals surface area contributed by atoms with Gasteiger partial charge in [-0.3, -0.25) is 9.69 Å². The fourth-order valence-electron chi connectivity index (χ4n) is 2.74. The molecule has 2 N–H and O–H groups in total. The van der Waals surface area contributed by atoms with Gasteiger partial charge in [0.25, 0.3) is 0 Å². The lowest BCUT2D eigenvalue weighted by Gasteiger charge is -2.24. The maximum Gasteiger partial charge on any atom is 0.236 e. The lowest BCUT2D eigenvalue weighted by molar-refractivity contribution is -0.131. The van der Waals surface area contributed by atoms with Gasteiger partial charge in [-0.1, -0.05) is 36.2 Å². The van der Waals surface area contributed by atoms with Crippen LogP contribution in [0.25, 0.3) is 0 Å². The zero-order valence-electron chi connectivity index (χ0n) is 13.1. The molecule has 0 aliphatic carbocycles. The first-order valence-electron chi connectivity index (χ1n) is 7.43. The fourth-order valence-corrected chi connectivity index (χ4v) is 3.06. The van der Waals surface area contributed by atoms with Crippen molar-refractivity contribution in [2.75, 3.05) is 33.2 Å². The second kappa shape index (κ2) is 7.18. The van der Waals surface area contributed by atoms with E-state index >= 15 is 0 Å². The van der Waals surface area contributed by atoms with Crippen LogP contribution in [0.2, 0.25) is 10.0 Å². The van der Waals surface area contributed by atoms with Crippen LogP contribution in [0.3, 0.4) is 0 Å². The van der Waals surface area contributed by atoms with Crippen LogP contribution in [0.5, 0.6) is 0 Å². The molecule has 1 unspecified atom stereocenters. The number of benzene rings is 1. The number of likely N-dealkylation sites (N-methyl/N-ethyl adjacent to an activating group) is 1. The molecular formula is C16H23Cl2N3O. The summed E-state index contributed by atoms with van der Waals surface area (Å²) in [5, 5.41) is 1.04. The lowest BCUT2D eigenvalue weighted by Crippen LogP contribution is -2.39. The number of carbonyl (C=O) groups excluding carboxylic acids is 1. The molecule has 1 heterocycles. The molecular weight excluding hydrogens is 321 g/mol. The Morgan fingerprint density at radius 3 is 2.73 bits per heavy atom. The van der Waals surface area contributed by atoms with E-state index in [1.807, 2.05) is 13.1 Å². The van der Waals surface area contributed by atoms with Gasteiger partial charge < -0.3 is 10.6 Å². The number of hydrogen-bond donors (Lipinski definition) is 1. The predicted molar refractivity (Wildman–Crippen MR) is 91.2 cm³/mol. The highest BCUT2D eigenvalue weighted by molar-refractivity contribution is 6.42. The molecule has 1 amide bonds. The number of rotatable bonds is 5. The van der Waals surface area contributed by atoms with E-state index in [4.69, 9.17) is 28.9 Å². The van der Waals surface area contributed by atoms with E-state index in [1.54, 1.807) is 17.0 Å². The second-order valence-corrected chi connectivity index (χ2v) is 7.29.